The van der Waals surface area contributed by atoms with Crippen molar-refractivity contribution >= 4 is 23.2 Å². The molecular formula is C30H38N2O6. The third kappa shape index (κ3) is 7.05. The first-order chi connectivity index (χ1) is 18.7. The van der Waals surface area contributed by atoms with Crippen molar-refractivity contribution in [2.24, 2.45) is 11.8 Å². The summed E-state index contributed by atoms with van der Waals surface area (Å²) in [5.41, 5.74) is 1.35. The Kier molecular flexibility index (Phi) is 9.15. The number of carbonyl (C=O) groups is 2. The lowest BCUT2D eigenvalue weighted by molar-refractivity contribution is -0.125. The summed E-state index contributed by atoms with van der Waals surface area (Å²) in [6, 6.07) is 15.0. The smallest absolute Gasteiger partial charge is 0.227 e. The molecule has 2 saturated heterocycles. The van der Waals surface area contributed by atoms with Crippen LogP contribution in [-0.4, -0.2) is 50.4 Å². The standard InChI is InChI=1S/C30H38N2O6/c33-29(31-25-9-1-3-11-27(25)37-19-23-7-5-17-35-23)21-13-15-22(16-14-21)30(34)32-26-10-2-4-12-28(26)38-20-24-8-6-18-36-24/h1-4,9-12,21-24H,5-8,13-20H2,(H,31,33)(H,32,34). The second-order valence-electron chi connectivity index (χ2n) is 10.4. The molecule has 3 aliphatic rings. The Balaban J connectivity index is 1.09. The van der Waals surface area contributed by atoms with Crippen molar-refractivity contribution in [3.63, 3.8) is 0 Å². The van der Waals surface area contributed by atoms with Gasteiger partial charge in [0.25, 0.3) is 0 Å². The molecule has 0 spiro atoms. The average Bonchev–Trinajstić information content (AvgIpc) is 3.67. The fourth-order valence-corrected chi connectivity index (χ4v) is 5.40. The SMILES string of the molecule is O=C(Nc1ccccc1OCC1CCCO1)C1CCC(C(=O)Nc2ccccc2OCC2CCCO2)CC1. The molecule has 0 aromatic heterocycles. The number of hydrogen-bond donors (Lipinski definition) is 2. The summed E-state index contributed by atoms with van der Waals surface area (Å²) in [6.07, 6.45) is 7.01. The minimum atomic E-state index is -0.132. The van der Waals surface area contributed by atoms with E-state index >= 15 is 0 Å². The van der Waals surface area contributed by atoms with Crippen LogP contribution in [0.5, 0.6) is 11.5 Å². The van der Waals surface area contributed by atoms with Crippen LogP contribution >= 0.6 is 0 Å². The zero-order valence-corrected chi connectivity index (χ0v) is 21.9. The Labute approximate surface area is 224 Å². The van der Waals surface area contributed by atoms with Gasteiger partial charge in [0.15, 0.2) is 0 Å². The monoisotopic (exact) mass is 522 g/mol. The number of carbonyl (C=O) groups excluding carboxylic acids is 2. The quantitative estimate of drug-likeness (QED) is 0.446. The molecule has 2 aliphatic heterocycles. The predicted octanol–water partition coefficient (Wildman–Crippen LogP) is 5.19. The number of benzene rings is 2. The van der Waals surface area contributed by atoms with Crippen molar-refractivity contribution in [1.82, 2.24) is 0 Å². The maximum Gasteiger partial charge on any atom is 0.227 e. The molecule has 2 unspecified atom stereocenters. The van der Waals surface area contributed by atoms with Gasteiger partial charge in [0.2, 0.25) is 11.8 Å². The number of rotatable bonds is 10. The minimum Gasteiger partial charge on any atom is -0.489 e. The van der Waals surface area contributed by atoms with Gasteiger partial charge in [-0.1, -0.05) is 24.3 Å². The number of anilines is 2. The van der Waals surface area contributed by atoms with Gasteiger partial charge in [-0.3, -0.25) is 9.59 Å². The van der Waals surface area contributed by atoms with Crippen molar-refractivity contribution in [3.8, 4) is 11.5 Å². The average molecular weight is 523 g/mol. The van der Waals surface area contributed by atoms with E-state index in [0.29, 0.717) is 61.8 Å². The molecule has 0 bridgehead atoms. The Bertz CT molecular complexity index is 986. The van der Waals surface area contributed by atoms with Crippen LogP contribution in [0.4, 0.5) is 11.4 Å². The van der Waals surface area contributed by atoms with Gasteiger partial charge in [-0.05, 0) is 75.6 Å². The van der Waals surface area contributed by atoms with E-state index in [0.717, 1.165) is 38.9 Å². The first kappa shape index (κ1) is 26.5. The fraction of sp³-hybridized carbons (Fsp3) is 0.533. The van der Waals surface area contributed by atoms with Gasteiger partial charge in [-0.2, -0.15) is 0 Å². The van der Waals surface area contributed by atoms with Crippen LogP contribution in [0.25, 0.3) is 0 Å². The molecule has 2 aromatic carbocycles. The van der Waals surface area contributed by atoms with Crippen LogP contribution in [0.15, 0.2) is 48.5 Å². The van der Waals surface area contributed by atoms with Gasteiger partial charge < -0.3 is 29.6 Å². The van der Waals surface area contributed by atoms with Gasteiger partial charge in [0, 0.05) is 25.0 Å². The molecule has 3 fully saturated rings. The molecule has 38 heavy (non-hydrogen) atoms. The van der Waals surface area contributed by atoms with Gasteiger partial charge in [-0.15, -0.1) is 0 Å². The predicted molar refractivity (Wildman–Crippen MR) is 145 cm³/mol. The van der Waals surface area contributed by atoms with Crippen LogP contribution in [0, 0.1) is 11.8 Å². The molecule has 2 atom stereocenters. The van der Waals surface area contributed by atoms with Crippen LogP contribution in [0.1, 0.15) is 51.4 Å². The number of nitrogens with one attached hydrogen (secondary N) is 2. The normalized spacial score (nSPS) is 25.1. The first-order valence-corrected chi connectivity index (χ1v) is 13.9. The molecule has 1 saturated carbocycles. The first-order valence-electron chi connectivity index (χ1n) is 13.9. The molecule has 2 heterocycles. The lowest BCUT2D eigenvalue weighted by atomic mass is 9.81. The van der Waals surface area contributed by atoms with Gasteiger partial charge in [0.05, 0.1) is 23.6 Å². The molecule has 5 rings (SSSR count). The lowest BCUT2D eigenvalue weighted by Crippen LogP contribution is -2.32. The number of para-hydroxylation sites is 4. The summed E-state index contributed by atoms with van der Waals surface area (Å²) in [6.45, 7) is 2.53. The van der Waals surface area contributed by atoms with E-state index in [1.807, 2.05) is 48.5 Å². The molecule has 8 nitrogen and oxygen atoms in total. The second kappa shape index (κ2) is 13.1. The van der Waals surface area contributed by atoms with Crippen molar-refractivity contribution in [1.29, 1.82) is 0 Å². The number of hydrogen-bond acceptors (Lipinski definition) is 6. The maximum absolute atomic E-state index is 13.1. The van der Waals surface area contributed by atoms with Crippen LogP contribution in [-0.2, 0) is 19.1 Å². The highest BCUT2D eigenvalue weighted by atomic mass is 16.5. The van der Waals surface area contributed by atoms with E-state index < -0.39 is 0 Å². The molecule has 8 heteroatoms. The van der Waals surface area contributed by atoms with Crippen LogP contribution in [0.2, 0.25) is 0 Å². The highest BCUT2D eigenvalue weighted by Gasteiger charge is 2.31. The number of ether oxygens (including phenoxy) is 4. The summed E-state index contributed by atoms with van der Waals surface area (Å²) in [5.74, 6) is 1.00. The highest BCUT2D eigenvalue weighted by Crippen LogP contribution is 2.33. The zero-order valence-electron chi connectivity index (χ0n) is 21.9. The third-order valence-electron chi connectivity index (χ3n) is 7.66. The molecule has 2 N–H and O–H groups in total. The van der Waals surface area contributed by atoms with E-state index in [1.54, 1.807) is 0 Å². The maximum atomic E-state index is 13.1. The molecule has 1 aliphatic carbocycles. The Morgan fingerprint density at radius 2 is 1.08 bits per heavy atom. The highest BCUT2D eigenvalue weighted by molar-refractivity contribution is 5.95. The van der Waals surface area contributed by atoms with Gasteiger partial charge >= 0.3 is 0 Å². The summed E-state index contributed by atoms with van der Waals surface area (Å²) in [4.78, 5) is 26.1. The van der Waals surface area contributed by atoms with E-state index in [2.05, 4.69) is 10.6 Å². The zero-order chi connectivity index (χ0) is 26.2. The minimum absolute atomic E-state index is 0.0232. The molecule has 2 amide bonds. The molecular weight excluding hydrogens is 484 g/mol. The molecule has 0 radical (unpaired) electrons. The Morgan fingerprint density at radius 1 is 0.658 bits per heavy atom. The summed E-state index contributed by atoms with van der Waals surface area (Å²) in [7, 11) is 0. The fourth-order valence-electron chi connectivity index (χ4n) is 5.40. The van der Waals surface area contributed by atoms with Gasteiger partial charge in [0.1, 0.15) is 24.7 Å². The molecule has 204 valence electrons. The van der Waals surface area contributed by atoms with E-state index in [4.69, 9.17) is 18.9 Å². The number of amides is 2. The summed E-state index contributed by atoms with van der Waals surface area (Å²) < 4.78 is 23.2. The lowest BCUT2D eigenvalue weighted by Gasteiger charge is -2.27. The van der Waals surface area contributed by atoms with Crippen molar-refractivity contribution in [2.45, 2.75) is 63.6 Å². The van der Waals surface area contributed by atoms with Crippen molar-refractivity contribution in [3.05, 3.63) is 48.5 Å². The largest absolute Gasteiger partial charge is 0.489 e. The van der Waals surface area contributed by atoms with Crippen molar-refractivity contribution < 1.29 is 28.5 Å². The van der Waals surface area contributed by atoms with Gasteiger partial charge in [-0.25, -0.2) is 0 Å². The Morgan fingerprint density at radius 3 is 1.47 bits per heavy atom. The van der Waals surface area contributed by atoms with Crippen molar-refractivity contribution in [2.75, 3.05) is 37.1 Å². The Hall–Kier alpha value is -3.10. The summed E-state index contributed by atoms with van der Waals surface area (Å²) in [5, 5.41) is 6.10. The third-order valence-corrected chi connectivity index (χ3v) is 7.66. The molecule has 2 aromatic rings. The second-order valence-corrected chi connectivity index (χ2v) is 10.4. The van der Waals surface area contributed by atoms with Crippen LogP contribution < -0.4 is 20.1 Å². The van der Waals surface area contributed by atoms with E-state index in [-0.39, 0.29) is 35.9 Å². The van der Waals surface area contributed by atoms with E-state index in [1.165, 1.54) is 0 Å². The van der Waals surface area contributed by atoms with Crippen LogP contribution in [0.3, 0.4) is 0 Å². The van der Waals surface area contributed by atoms with E-state index in [9.17, 15) is 9.59 Å². The summed E-state index contributed by atoms with van der Waals surface area (Å²) >= 11 is 0. The topological polar surface area (TPSA) is 95.1 Å².